The Morgan fingerprint density at radius 2 is 1.48 bits per heavy atom. The standard InChI is InChI=1S/C20H13BrOS/c21-15-11-9-13(10-12-15)18-16-7-4-8-17(22)20(16)23-19(18)14-5-2-1-3-6-14/h1-12,22H. The van der Waals surface area contributed by atoms with Crippen molar-refractivity contribution in [2.45, 2.75) is 0 Å². The molecule has 0 spiro atoms. The Labute approximate surface area is 147 Å². The number of fused-ring (bicyclic) bond motifs is 1. The lowest BCUT2D eigenvalue weighted by atomic mass is 9.99. The Balaban J connectivity index is 2.07. The molecule has 0 bridgehead atoms. The third-order valence-corrected chi connectivity index (χ3v) is 5.67. The van der Waals surface area contributed by atoms with Crippen LogP contribution in [0.4, 0.5) is 0 Å². The maximum atomic E-state index is 10.2. The minimum Gasteiger partial charge on any atom is -0.506 e. The van der Waals surface area contributed by atoms with Gasteiger partial charge in [0.15, 0.2) is 0 Å². The lowest BCUT2D eigenvalue weighted by Crippen LogP contribution is -1.80. The average Bonchev–Trinajstić information content (AvgIpc) is 2.97. The first-order valence-corrected chi connectivity index (χ1v) is 8.91. The van der Waals surface area contributed by atoms with Crippen LogP contribution < -0.4 is 0 Å². The zero-order valence-corrected chi connectivity index (χ0v) is 14.6. The van der Waals surface area contributed by atoms with Crippen LogP contribution in [0.1, 0.15) is 0 Å². The molecule has 112 valence electrons. The molecule has 3 heteroatoms. The van der Waals surface area contributed by atoms with E-state index in [1.54, 1.807) is 17.4 Å². The number of halogens is 1. The summed E-state index contributed by atoms with van der Waals surface area (Å²) >= 11 is 5.14. The first-order valence-electron chi connectivity index (χ1n) is 7.30. The first-order chi connectivity index (χ1) is 11.2. The molecule has 3 aromatic carbocycles. The topological polar surface area (TPSA) is 20.2 Å². The Morgan fingerprint density at radius 1 is 0.739 bits per heavy atom. The van der Waals surface area contributed by atoms with Crippen molar-refractivity contribution >= 4 is 37.4 Å². The van der Waals surface area contributed by atoms with Crippen molar-refractivity contribution in [2.24, 2.45) is 0 Å². The molecule has 1 nitrogen and oxygen atoms in total. The van der Waals surface area contributed by atoms with Crippen molar-refractivity contribution in [3.63, 3.8) is 0 Å². The highest BCUT2D eigenvalue weighted by Gasteiger charge is 2.17. The SMILES string of the molecule is Oc1cccc2c(-c3ccc(Br)cc3)c(-c3ccccc3)sc12. The molecular formula is C20H13BrOS. The highest BCUT2D eigenvalue weighted by molar-refractivity contribution is 9.10. The van der Waals surface area contributed by atoms with Crippen LogP contribution >= 0.6 is 27.3 Å². The molecule has 0 saturated carbocycles. The van der Waals surface area contributed by atoms with E-state index in [9.17, 15) is 5.11 Å². The van der Waals surface area contributed by atoms with Gasteiger partial charge < -0.3 is 5.11 Å². The Morgan fingerprint density at radius 3 is 2.22 bits per heavy atom. The van der Waals surface area contributed by atoms with Gasteiger partial charge in [0, 0.05) is 20.3 Å². The summed E-state index contributed by atoms with van der Waals surface area (Å²) in [6.07, 6.45) is 0. The fraction of sp³-hybridized carbons (Fsp3) is 0. The van der Waals surface area contributed by atoms with Crippen molar-refractivity contribution < 1.29 is 5.11 Å². The highest BCUT2D eigenvalue weighted by atomic mass is 79.9. The summed E-state index contributed by atoms with van der Waals surface area (Å²) in [7, 11) is 0. The number of rotatable bonds is 2. The lowest BCUT2D eigenvalue weighted by Gasteiger charge is -2.06. The fourth-order valence-corrected chi connectivity index (χ4v) is 4.31. The molecule has 4 aromatic rings. The van der Waals surface area contributed by atoms with E-state index in [0.29, 0.717) is 5.75 Å². The number of hydrogen-bond donors (Lipinski definition) is 1. The molecule has 1 heterocycles. The van der Waals surface area contributed by atoms with Crippen molar-refractivity contribution in [2.75, 3.05) is 0 Å². The molecule has 4 rings (SSSR count). The molecule has 1 aromatic heterocycles. The van der Waals surface area contributed by atoms with Crippen LogP contribution in [0.25, 0.3) is 31.7 Å². The van der Waals surface area contributed by atoms with Gasteiger partial charge in [0.1, 0.15) is 5.75 Å². The summed E-state index contributed by atoms with van der Waals surface area (Å²) in [5.74, 6) is 0.341. The molecule has 0 radical (unpaired) electrons. The van der Waals surface area contributed by atoms with Gasteiger partial charge in [-0.3, -0.25) is 0 Å². The number of thiophene rings is 1. The number of hydrogen-bond acceptors (Lipinski definition) is 2. The minimum absolute atomic E-state index is 0.341. The average molecular weight is 381 g/mol. The zero-order chi connectivity index (χ0) is 15.8. The second-order valence-corrected chi connectivity index (χ2v) is 7.27. The van der Waals surface area contributed by atoms with Crippen LogP contribution in [0.2, 0.25) is 0 Å². The maximum Gasteiger partial charge on any atom is 0.133 e. The van der Waals surface area contributed by atoms with Gasteiger partial charge in [0.05, 0.1) is 4.70 Å². The first kappa shape index (κ1) is 14.5. The van der Waals surface area contributed by atoms with E-state index in [-0.39, 0.29) is 0 Å². The smallest absolute Gasteiger partial charge is 0.133 e. The summed E-state index contributed by atoms with van der Waals surface area (Å²) in [5.41, 5.74) is 3.51. The van der Waals surface area contributed by atoms with Gasteiger partial charge in [0.2, 0.25) is 0 Å². The molecule has 0 amide bonds. The van der Waals surface area contributed by atoms with Gasteiger partial charge in [-0.15, -0.1) is 11.3 Å². The van der Waals surface area contributed by atoms with Crippen molar-refractivity contribution in [3.05, 3.63) is 77.3 Å². The highest BCUT2D eigenvalue weighted by Crippen LogP contribution is 2.47. The predicted molar refractivity (Wildman–Crippen MR) is 102 cm³/mol. The van der Waals surface area contributed by atoms with Crippen LogP contribution in [-0.4, -0.2) is 5.11 Å². The number of phenols is 1. The molecule has 0 aliphatic heterocycles. The third kappa shape index (κ3) is 2.56. The Hall–Kier alpha value is -2.10. The van der Waals surface area contributed by atoms with E-state index in [1.807, 2.05) is 24.3 Å². The summed E-state index contributed by atoms with van der Waals surface area (Å²) < 4.78 is 1.99. The predicted octanol–water partition coefficient (Wildman–Crippen LogP) is 6.70. The van der Waals surface area contributed by atoms with Gasteiger partial charge in [-0.1, -0.05) is 70.5 Å². The second-order valence-electron chi connectivity index (χ2n) is 5.33. The van der Waals surface area contributed by atoms with Gasteiger partial charge in [0.25, 0.3) is 0 Å². The third-order valence-electron chi connectivity index (χ3n) is 3.86. The van der Waals surface area contributed by atoms with Crippen molar-refractivity contribution in [3.8, 4) is 27.3 Å². The van der Waals surface area contributed by atoms with Crippen LogP contribution in [0, 0.1) is 0 Å². The summed E-state index contributed by atoms with van der Waals surface area (Å²) in [6, 6.07) is 24.4. The molecule has 0 saturated heterocycles. The normalized spacial score (nSPS) is 11.0. The van der Waals surface area contributed by atoms with E-state index in [4.69, 9.17) is 0 Å². The maximum absolute atomic E-state index is 10.2. The minimum atomic E-state index is 0.341. The van der Waals surface area contributed by atoms with Crippen LogP contribution in [0.15, 0.2) is 77.3 Å². The van der Waals surface area contributed by atoms with E-state index in [0.717, 1.165) is 20.1 Å². The van der Waals surface area contributed by atoms with Crippen LogP contribution in [-0.2, 0) is 0 Å². The zero-order valence-electron chi connectivity index (χ0n) is 12.2. The van der Waals surface area contributed by atoms with Gasteiger partial charge in [-0.2, -0.15) is 0 Å². The van der Waals surface area contributed by atoms with Gasteiger partial charge in [-0.05, 0) is 29.3 Å². The molecule has 23 heavy (non-hydrogen) atoms. The van der Waals surface area contributed by atoms with E-state index in [2.05, 4.69) is 58.4 Å². The molecule has 1 N–H and O–H groups in total. The largest absolute Gasteiger partial charge is 0.506 e. The van der Waals surface area contributed by atoms with E-state index < -0.39 is 0 Å². The van der Waals surface area contributed by atoms with Gasteiger partial charge >= 0.3 is 0 Å². The fourth-order valence-electron chi connectivity index (χ4n) is 2.80. The van der Waals surface area contributed by atoms with E-state index >= 15 is 0 Å². The van der Waals surface area contributed by atoms with Crippen LogP contribution in [0.3, 0.4) is 0 Å². The molecule has 0 atom stereocenters. The van der Waals surface area contributed by atoms with Gasteiger partial charge in [-0.25, -0.2) is 0 Å². The lowest BCUT2D eigenvalue weighted by molar-refractivity contribution is 0.482. The molecule has 0 unspecified atom stereocenters. The quantitative estimate of drug-likeness (QED) is 0.409. The summed E-state index contributed by atoms with van der Waals surface area (Å²) in [4.78, 5) is 1.18. The van der Waals surface area contributed by atoms with Crippen molar-refractivity contribution in [1.82, 2.24) is 0 Å². The number of phenolic OH excluding ortho intramolecular Hbond substituents is 1. The number of aromatic hydroxyl groups is 1. The Bertz CT molecular complexity index is 972. The summed E-state index contributed by atoms with van der Waals surface area (Å²) in [6.45, 7) is 0. The molecule has 0 aliphatic carbocycles. The summed E-state index contributed by atoms with van der Waals surface area (Å²) in [5, 5.41) is 11.3. The monoisotopic (exact) mass is 380 g/mol. The van der Waals surface area contributed by atoms with E-state index in [1.165, 1.54) is 16.0 Å². The van der Waals surface area contributed by atoms with Crippen molar-refractivity contribution in [1.29, 1.82) is 0 Å². The molecular weight excluding hydrogens is 368 g/mol. The number of benzene rings is 3. The van der Waals surface area contributed by atoms with Crippen LogP contribution in [0.5, 0.6) is 5.75 Å². The second kappa shape index (κ2) is 5.84. The molecule has 0 fully saturated rings. The molecule has 0 aliphatic rings. The Kier molecular flexibility index (Phi) is 3.68.